The van der Waals surface area contributed by atoms with Gasteiger partial charge in [-0.15, -0.1) is 0 Å². The molecule has 0 spiro atoms. The lowest BCUT2D eigenvalue weighted by Crippen LogP contribution is -2.49. The van der Waals surface area contributed by atoms with Gasteiger partial charge in [0.25, 0.3) is 0 Å². The minimum absolute atomic E-state index is 0.215. The maximum absolute atomic E-state index is 12.8. The summed E-state index contributed by atoms with van der Waals surface area (Å²) < 4.78 is 34.4. The molecule has 2 aromatic heterocycles. The highest BCUT2D eigenvalue weighted by atomic mass is 32.2. The summed E-state index contributed by atoms with van der Waals surface area (Å²) in [6.45, 7) is 9.57. The van der Waals surface area contributed by atoms with Crippen LogP contribution in [0.1, 0.15) is 24.2 Å². The molecule has 3 rings (SSSR count). The molecule has 8 nitrogen and oxygen atoms in total. The van der Waals surface area contributed by atoms with Gasteiger partial charge in [-0.1, -0.05) is 12.1 Å². The number of nitrogens with zero attached hydrogens (tertiary/aromatic N) is 5. The minimum atomic E-state index is -3.54. The summed E-state index contributed by atoms with van der Waals surface area (Å²) in [5.41, 5.74) is 0.423. The Hall–Kier alpha value is -1.71. The van der Waals surface area contributed by atoms with Crippen LogP contribution in [0.5, 0.6) is 0 Å². The monoisotopic (exact) mass is 367 g/mol. The van der Waals surface area contributed by atoms with E-state index in [1.807, 2.05) is 12.4 Å². The molecule has 0 N–H and O–H groups in total. The molecule has 25 heavy (non-hydrogen) atoms. The van der Waals surface area contributed by atoms with Crippen LogP contribution in [0.2, 0.25) is 0 Å². The van der Waals surface area contributed by atoms with E-state index >= 15 is 0 Å². The van der Waals surface area contributed by atoms with Gasteiger partial charge in [-0.2, -0.15) is 4.31 Å². The molecule has 0 aromatic carbocycles. The first-order valence-corrected chi connectivity index (χ1v) is 10.0. The average Bonchev–Trinajstić information content (AvgIpc) is 3.19. The maximum atomic E-state index is 12.8. The van der Waals surface area contributed by atoms with Crippen LogP contribution in [-0.2, 0) is 23.0 Å². The predicted molar refractivity (Wildman–Crippen MR) is 92.8 cm³/mol. The van der Waals surface area contributed by atoms with E-state index in [0.29, 0.717) is 24.5 Å². The zero-order chi connectivity index (χ0) is 18.0. The number of hydrogen-bond donors (Lipinski definition) is 0. The molecule has 0 radical (unpaired) electrons. The van der Waals surface area contributed by atoms with E-state index in [-0.39, 0.29) is 4.90 Å². The Morgan fingerprint density at radius 2 is 1.88 bits per heavy atom. The van der Waals surface area contributed by atoms with Gasteiger partial charge in [0, 0.05) is 58.1 Å². The van der Waals surface area contributed by atoms with Crippen molar-refractivity contribution in [3.05, 3.63) is 29.7 Å². The van der Waals surface area contributed by atoms with E-state index in [2.05, 4.69) is 26.5 Å². The lowest BCUT2D eigenvalue weighted by atomic mass is 10.3. The number of hydrogen-bond acceptors (Lipinski definition) is 6. The van der Waals surface area contributed by atoms with Crippen LogP contribution in [0.4, 0.5) is 0 Å². The van der Waals surface area contributed by atoms with Crippen molar-refractivity contribution in [2.24, 2.45) is 0 Å². The second-order valence-corrected chi connectivity index (χ2v) is 8.16. The molecule has 0 atom stereocenters. The second kappa shape index (κ2) is 7.27. The van der Waals surface area contributed by atoms with Crippen molar-refractivity contribution in [3.63, 3.8) is 0 Å². The first kappa shape index (κ1) is 18.1. The van der Waals surface area contributed by atoms with Crippen LogP contribution in [0, 0.1) is 13.8 Å². The van der Waals surface area contributed by atoms with Gasteiger partial charge in [-0.05, 0) is 13.8 Å². The van der Waals surface area contributed by atoms with E-state index in [4.69, 9.17) is 4.52 Å². The highest BCUT2D eigenvalue weighted by Gasteiger charge is 2.33. The lowest BCUT2D eigenvalue weighted by molar-refractivity contribution is 0.182. The van der Waals surface area contributed by atoms with Crippen molar-refractivity contribution in [1.29, 1.82) is 0 Å². The van der Waals surface area contributed by atoms with Gasteiger partial charge in [0.2, 0.25) is 10.0 Å². The van der Waals surface area contributed by atoms with Crippen LogP contribution in [0.25, 0.3) is 0 Å². The van der Waals surface area contributed by atoms with Crippen molar-refractivity contribution < 1.29 is 12.9 Å². The summed E-state index contributed by atoms with van der Waals surface area (Å²) in [4.78, 5) is 6.84. The van der Waals surface area contributed by atoms with E-state index in [9.17, 15) is 8.42 Å². The summed E-state index contributed by atoms with van der Waals surface area (Å²) in [5.74, 6) is 1.44. The summed E-state index contributed by atoms with van der Waals surface area (Å²) >= 11 is 0. The molecule has 9 heteroatoms. The number of piperazine rings is 1. The maximum Gasteiger partial charge on any atom is 0.248 e. The van der Waals surface area contributed by atoms with Gasteiger partial charge < -0.3 is 9.09 Å². The average molecular weight is 367 g/mol. The Morgan fingerprint density at radius 3 is 2.48 bits per heavy atom. The van der Waals surface area contributed by atoms with Gasteiger partial charge in [0.15, 0.2) is 5.76 Å². The van der Waals surface area contributed by atoms with E-state index in [1.54, 1.807) is 13.8 Å². The van der Waals surface area contributed by atoms with Crippen molar-refractivity contribution in [3.8, 4) is 0 Å². The van der Waals surface area contributed by atoms with Crippen LogP contribution in [0.15, 0.2) is 21.8 Å². The van der Waals surface area contributed by atoms with Crippen molar-refractivity contribution in [1.82, 2.24) is 23.9 Å². The Morgan fingerprint density at radius 1 is 1.16 bits per heavy atom. The number of aromatic nitrogens is 3. The zero-order valence-electron chi connectivity index (χ0n) is 15.0. The highest BCUT2D eigenvalue weighted by molar-refractivity contribution is 7.89. The third-order valence-electron chi connectivity index (χ3n) is 4.67. The molecule has 1 aliphatic heterocycles. The summed E-state index contributed by atoms with van der Waals surface area (Å²) in [6, 6.07) is 0. The standard InChI is InChI=1S/C16H25N5O3S/c1-4-15-17-5-6-20(15)10-7-19-8-11-21(12-9-19)25(22,23)16-13(2)18-24-14(16)3/h5-6H,4,7-12H2,1-3H3. The topological polar surface area (TPSA) is 84.5 Å². The van der Waals surface area contributed by atoms with Gasteiger partial charge in [0.05, 0.1) is 0 Å². The fourth-order valence-corrected chi connectivity index (χ4v) is 4.99. The molecular formula is C16H25N5O3S. The first-order chi connectivity index (χ1) is 11.9. The SMILES string of the molecule is CCc1nccn1CCN1CCN(S(=O)(=O)c2c(C)noc2C)CC1. The highest BCUT2D eigenvalue weighted by Crippen LogP contribution is 2.24. The molecule has 0 bridgehead atoms. The fraction of sp³-hybridized carbons (Fsp3) is 0.625. The summed E-state index contributed by atoms with van der Waals surface area (Å²) in [6.07, 6.45) is 4.74. The van der Waals surface area contributed by atoms with Gasteiger partial charge in [0.1, 0.15) is 16.4 Å². The molecule has 2 aromatic rings. The van der Waals surface area contributed by atoms with Crippen molar-refractivity contribution in [2.45, 2.75) is 38.6 Å². The Balaban J connectivity index is 1.58. The number of aryl methyl sites for hydroxylation is 3. The van der Waals surface area contributed by atoms with Crippen LogP contribution < -0.4 is 0 Å². The fourth-order valence-electron chi connectivity index (χ4n) is 3.27. The van der Waals surface area contributed by atoms with E-state index < -0.39 is 10.0 Å². The zero-order valence-corrected chi connectivity index (χ0v) is 15.8. The molecule has 0 amide bonds. The molecular weight excluding hydrogens is 342 g/mol. The number of imidazole rings is 1. The molecule has 0 unspecified atom stereocenters. The van der Waals surface area contributed by atoms with Crippen LogP contribution in [-0.4, -0.2) is 65.1 Å². The Kier molecular flexibility index (Phi) is 5.26. The van der Waals surface area contributed by atoms with Crippen LogP contribution >= 0.6 is 0 Å². The van der Waals surface area contributed by atoms with E-state index in [0.717, 1.165) is 38.4 Å². The van der Waals surface area contributed by atoms with Gasteiger partial charge in [-0.3, -0.25) is 4.90 Å². The third kappa shape index (κ3) is 3.63. The Bertz CT molecular complexity index is 799. The first-order valence-electron chi connectivity index (χ1n) is 8.59. The van der Waals surface area contributed by atoms with Crippen molar-refractivity contribution >= 4 is 10.0 Å². The molecule has 3 heterocycles. The smallest absolute Gasteiger partial charge is 0.248 e. The summed E-state index contributed by atoms with van der Waals surface area (Å²) in [5, 5.41) is 3.77. The molecule has 1 fully saturated rings. The largest absolute Gasteiger partial charge is 0.360 e. The lowest BCUT2D eigenvalue weighted by Gasteiger charge is -2.34. The van der Waals surface area contributed by atoms with Gasteiger partial charge in [-0.25, -0.2) is 13.4 Å². The summed E-state index contributed by atoms with van der Waals surface area (Å²) in [7, 11) is -3.54. The molecule has 1 aliphatic rings. The quantitative estimate of drug-likeness (QED) is 0.759. The predicted octanol–water partition coefficient (Wildman–Crippen LogP) is 1.06. The third-order valence-corrected chi connectivity index (χ3v) is 6.82. The molecule has 138 valence electrons. The normalized spacial score (nSPS) is 17.2. The minimum Gasteiger partial charge on any atom is -0.360 e. The molecule has 1 saturated heterocycles. The van der Waals surface area contributed by atoms with E-state index in [1.165, 1.54) is 4.31 Å². The molecule has 0 aliphatic carbocycles. The number of sulfonamides is 1. The van der Waals surface area contributed by atoms with Crippen LogP contribution in [0.3, 0.4) is 0 Å². The van der Waals surface area contributed by atoms with Gasteiger partial charge >= 0.3 is 0 Å². The molecule has 0 saturated carbocycles. The number of rotatable bonds is 6. The second-order valence-electron chi connectivity index (χ2n) is 6.29. The van der Waals surface area contributed by atoms with Crippen molar-refractivity contribution in [2.75, 3.05) is 32.7 Å². The Labute approximate surface area is 148 Å².